The second kappa shape index (κ2) is 4.41. The summed E-state index contributed by atoms with van der Waals surface area (Å²) in [6.45, 7) is 4.78. The maximum atomic E-state index is 11.9. The van der Waals surface area contributed by atoms with E-state index in [4.69, 9.17) is 11.6 Å². The molecule has 1 unspecified atom stereocenters. The number of halogens is 1. The van der Waals surface area contributed by atoms with Crippen LogP contribution in [0.5, 0.6) is 0 Å². The Bertz CT molecular complexity index is 341. The number of alkyl halides is 1. The maximum Gasteiger partial charge on any atom is 0.252 e. The van der Waals surface area contributed by atoms with Crippen LogP contribution in [0.3, 0.4) is 0 Å². The average Bonchev–Trinajstić information content (AvgIpc) is 2.21. The van der Waals surface area contributed by atoms with Crippen molar-refractivity contribution in [2.45, 2.75) is 26.3 Å². The molecule has 1 N–H and O–H groups in total. The minimum absolute atomic E-state index is 0.0984. The molecule has 6 heteroatoms. The number of carbonyl (C=O) groups excluding carboxylic acids is 3. The molecular weight excluding hydrogens is 232 g/mol. The van der Waals surface area contributed by atoms with Crippen LogP contribution in [0.4, 0.5) is 0 Å². The summed E-state index contributed by atoms with van der Waals surface area (Å²) in [6.07, 6.45) is 0. The molecule has 1 atom stereocenters. The van der Waals surface area contributed by atoms with Gasteiger partial charge in [-0.1, -0.05) is 6.92 Å². The SMILES string of the molecule is CC(CCl)C(=O)N1CC(=O)NC(=O)C1(C)C. The molecule has 1 aliphatic heterocycles. The van der Waals surface area contributed by atoms with Crippen molar-refractivity contribution in [3.05, 3.63) is 0 Å². The second-order valence-corrected chi connectivity index (χ2v) is 4.72. The zero-order valence-corrected chi connectivity index (χ0v) is 10.3. The Hall–Kier alpha value is -1.10. The third-order valence-electron chi connectivity index (χ3n) is 2.70. The van der Waals surface area contributed by atoms with E-state index in [-0.39, 0.29) is 18.3 Å². The van der Waals surface area contributed by atoms with Gasteiger partial charge in [0.05, 0.1) is 0 Å². The van der Waals surface area contributed by atoms with Crippen molar-refractivity contribution in [3.8, 4) is 0 Å². The molecule has 3 amide bonds. The van der Waals surface area contributed by atoms with Crippen molar-refractivity contribution < 1.29 is 14.4 Å². The molecule has 5 nitrogen and oxygen atoms in total. The first-order chi connectivity index (χ1) is 7.30. The van der Waals surface area contributed by atoms with Crippen LogP contribution < -0.4 is 5.32 Å². The summed E-state index contributed by atoms with van der Waals surface area (Å²) >= 11 is 5.60. The van der Waals surface area contributed by atoms with Crippen LogP contribution in [0.1, 0.15) is 20.8 Å². The fourth-order valence-corrected chi connectivity index (χ4v) is 1.60. The van der Waals surface area contributed by atoms with Gasteiger partial charge in [0, 0.05) is 11.8 Å². The summed E-state index contributed by atoms with van der Waals surface area (Å²) in [4.78, 5) is 36.0. The van der Waals surface area contributed by atoms with Crippen molar-refractivity contribution in [1.29, 1.82) is 0 Å². The molecule has 0 spiro atoms. The van der Waals surface area contributed by atoms with Crippen LogP contribution in [0, 0.1) is 5.92 Å². The minimum atomic E-state index is -1.01. The van der Waals surface area contributed by atoms with E-state index in [0.717, 1.165) is 0 Å². The first-order valence-corrected chi connectivity index (χ1v) is 5.56. The Kier molecular flexibility index (Phi) is 3.57. The van der Waals surface area contributed by atoms with E-state index < -0.39 is 23.3 Å². The van der Waals surface area contributed by atoms with Gasteiger partial charge in [0.25, 0.3) is 5.91 Å². The Balaban J connectivity index is 2.96. The lowest BCUT2D eigenvalue weighted by atomic mass is 9.96. The van der Waals surface area contributed by atoms with Crippen LogP contribution in [-0.2, 0) is 14.4 Å². The fraction of sp³-hybridized carbons (Fsp3) is 0.700. The van der Waals surface area contributed by atoms with Gasteiger partial charge in [0.1, 0.15) is 12.1 Å². The van der Waals surface area contributed by atoms with Crippen LogP contribution in [0.2, 0.25) is 0 Å². The lowest BCUT2D eigenvalue weighted by Crippen LogP contribution is -2.66. The number of hydrogen-bond acceptors (Lipinski definition) is 3. The van der Waals surface area contributed by atoms with Gasteiger partial charge in [-0.3, -0.25) is 19.7 Å². The second-order valence-electron chi connectivity index (χ2n) is 4.42. The van der Waals surface area contributed by atoms with Gasteiger partial charge >= 0.3 is 0 Å². The first-order valence-electron chi connectivity index (χ1n) is 5.02. The molecule has 1 fully saturated rings. The molecule has 0 radical (unpaired) electrons. The molecular formula is C10H15ClN2O3. The number of amides is 3. The molecule has 0 bridgehead atoms. The quantitative estimate of drug-likeness (QED) is 0.556. The third kappa shape index (κ3) is 2.19. The summed E-state index contributed by atoms with van der Waals surface area (Å²) < 4.78 is 0. The van der Waals surface area contributed by atoms with Crippen molar-refractivity contribution >= 4 is 29.3 Å². The Morgan fingerprint density at radius 3 is 2.62 bits per heavy atom. The molecule has 0 aliphatic carbocycles. The Labute approximate surface area is 99.1 Å². The van der Waals surface area contributed by atoms with E-state index >= 15 is 0 Å². The lowest BCUT2D eigenvalue weighted by molar-refractivity contribution is -0.157. The highest BCUT2D eigenvalue weighted by Crippen LogP contribution is 2.21. The number of piperazine rings is 1. The smallest absolute Gasteiger partial charge is 0.252 e. The largest absolute Gasteiger partial charge is 0.319 e. The molecule has 1 rings (SSSR count). The Morgan fingerprint density at radius 2 is 2.12 bits per heavy atom. The van der Waals surface area contributed by atoms with E-state index in [9.17, 15) is 14.4 Å². The van der Waals surface area contributed by atoms with Gasteiger partial charge in [-0.25, -0.2) is 0 Å². The van der Waals surface area contributed by atoms with Crippen LogP contribution in [-0.4, -0.2) is 40.6 Å². The van der Waals surface area contributed by atoms with E-state index in [1.165, 1.54) is 4.90 Å². The molecule has 0 aromatic rings. The highest BCUT2D eigenvalue weighted by Gasteiger charge is 2.44. The normalized spacial score (nSPS) is 21.6. The van der Waals surface area contributed by atoms with Gasteiger partial charge in [-0.15, -0.1) is 11.6 Å². The van der Waals surface area contributed by atoms with Crippen LogP contribution in [0.25, 0.3) is 0 Å². The van der Waals surface area contributed by atoms with E-state index in [0.29, 0.717) is 0 Å². The lowest BCUT2D eigenvalue weighted by Gasteiger charge is -2.41. The summed E-state index contributed by atoms with van der Waals surface area (Å²) in [6, 6.07) is 0. The van der Waals surface area contributed by atoms with E-state index in [2.05, 4.69) is 5.32 Å². The molecule has 0 saturated carbocycles. The molecule has 0 aromatic carbocycles. The van der Waals surface area contributed by atoms with Gasteiger partial charge in [0.15, 0.2) is 0 Å². The van der Waals surface area contributed by atoms with Crippen LogP contribution in [0.15, 0.2) is 0 Å². The van der Waals surface area contributed by atoms with E-state index in [1.807, 2.05) is 0 Å². The molecule has 1 aliphatic rings. The van der Waals surface area contributed by atoms with Crippen molar-refractivity contribution in [2.24, 2.45) is 5.92 Å². The average molecular weight is 247 g/mol. The highest BCUT2D eigenvalue weighted by atomic mass is 35.5. The number of carbonyl (C=O) groups is 3. The molecule has 90 valence electrons. The van der Waals surface area contributed by atoms with Crippen molar-refractivity contribution in [1.82, 2.24) is 10.2 Å². The number of hydrogen-bond donors (Lipinski definition) is 1. The molecule has 0 aromatic heterocycles. The first kappa shape index (κ1) is 13.0. The van der Waals surface area contributed by atoms with Crippen molar-refractivity contribution in [2.75, 3.05) is 12.4 Å². The predicted octanol–water partition coefficient (Wildman–Crippen LogP) is 0.125. The Morgan fingerprint density at radius 1 is 1.56 bits per heavy atom. The van der Waals surface area contributed by atoms with Gasteiger partial charge < -0.3 is 4.90 Å². The molecule has 1 heterocycles. The molecule has 1 saturated heterocycles. The predicted molar refractivity (Wildman–Crippen MR) is 58.8 cm³/mol. The van der Waals surface area contributed by atoms with Crippen LogP contribution >= 0.6 is 11.6 Å². The monoisotopic (exact) mass is 246 g/mol. The minimum Gasteiger partial charge on any atom is -0.319 e. The zero-order valence-electron chi connectivity index (χ0n) is 9.54. The van der Waals surface area contributed by atoms with E-state index in [1.54, 1.807) is 20.8 Å². The number of nitrogens with one attached hydrogen (secondary N) is 1. The maximum absolute atomic E-state index is 11.9. The van der Waals surface area contributed by atoms with Crippen molar-refractivity contribution in [3.63, 3.8) is 0 Å². The fourth-order valence-electron chi connectivity index (χ4n) is 1.47. The highest BCUT2D eigenvalue weighted by molar-refractivity contribution is 6.19. The topological polar surface area (TPSA) is 66.5 Å². The van der Waals surface area contributed by atoms with Gasteiger partial charge in [-0.05, 0) is 13.8 Å². The number of nitrogens with zero attached hydrogens (tertiary/aromatic N) is 1. The summed E-state index contributed by atoms with van der Waals surface area (Å²) in [5.41, 5.74) is -1.01. The number of rotatable bonds is 2. The standard InChI is InChI=1S/C10H15ClN2O3/c1-6(4-11)8(15)13-5-7(14)12-9(16)10(13,2)3/h6H,4-5H2,1-3H3,(H,12,14,16). The van der Waals surface area contributed by atoms with Gasteiger partial charge in [0.2, 0.25) is 11.8 Å². The molecule has 16 heavy (non-hydrogen) atoms. The van der Waals surface area contributed by atoms with Gasteiger partial charge in [-0.2, -0.15) is 0 Å². The summed E-state index contributed by atoms with van der Waals surface area (Å²) in [5, 5.41) is 2.21. The summed E-state index contributed by atoms with van der Waals surface area (Å²) in [5.74, 6) is -1.43. The third-order valence-corrected chi connectivity index (χ3v) is 3.17. The zero-order chi connectivity index (χ0) is 12.5. The summed E-state index contributed by atoms with van der Waals surface area (Å²) in [7, 11) is 0. The number of imide groups is 1.